The smallest absolute Gasteiger partial charge is 0.305 e. The Balaban J connectivity index is 1.54. The monoisotopic (exact) mass is 374 g/mol. The Bertz CT molecular complexity index is 874. The van der Waals surface area contributed by atoms with Crippen LogP contribution in [0.25, 0.3) is 11.1 Å². The first-order valence-corrected chi connectivity index (χ1v) is 10.7. The van der Waals surface area contributed by atoms with E-state index in [1.165, 1.54) is 74.3 Å². The standard InChI is InChI=1S/C26H30O2/c1-28-26(27)11-4-6-19-12-14-21(15-13-19)24-9-2-3-10-25(24)23-17-16-20-7-5-8-22(20)18-23/h12-18H,2-11H2,1H3. The minimum absolute atomic E-state index is 0.122. The van der Waals surface area contributed by atoms with Crippen molar-refractivity contribution in [2.75, 3.05) is 7.11 Å². The van der Waals surface area contributed by atoms with E-state index in [1.807, 2.05) is 0 Å². The molecule has 0 fully saturated rings. The van der Waals surface area contributed by atoms with Crippen molar-refractivity contribution in [3.63, 3.8) is 0 Å². The summed E-state index contributed by atoms with van der Waals surface area (Å²) in [5.74, 6) is -0.122. The van der Waals surface area contributed by atoms with Crippen molar-refractivity contribution in [3.8, 4) is 0 Å². The number of benzene rings is 2. The first-order chi connectivity index (χ1) is 13.7. The van der Waals surface area contributed by atoms with Crippen molar-refractivity contribution in [3.05, 3.63) is 70.3 Å². The molecule has 2 aromatic carbocycles. The second-order valence-electron chi connectivity index (χ2n) is 8.13. The van der Waals surface area contributed by atoms with Crippen LogP contribution in [0, 0.1) is 0 Å². The quantitative estimate of drug-likeness (QED) is 0.566. The molecule has 0 N–H and O–H groups in total. The van der Waals surface area contributed by atoms with Gasteiger partial charge in [0, 0.05) is 6.42 Å². The molecule has 0 saturated heterocycles. The normalized spacial score (nSPS) is 16.2. The fraction of sp³-hybridized carbons (Fsp3) is 0.423. The van der Waals surface area contributed by atoms with Crippen LogP contribution in [-0.4, -0.2) is 13.1 Å². The van der Waals surface area contributed by atoms with Crippen LogP contribution in [0.2, 0.25) is 0 Å². The summed E-state index contributed by atoms with van der Waals surface area (Å²) in [6.45, 7) is 0. The Labute approximate surface area is 168 Å². The van der Waals surface area contributed by atoms with Gasteiger partial charge in [0.25, 0.3) is 0 Å². The second kappa shape index (κ2) is 8.77. The Morgan fingerprint density at radius 3 is 2.25 bits per heavy atom. The zero-order chi connectivity index (χ0) is 19.3. The number of carbonyl (C=O) groups is 1. The van der Waals surface area contributed by atoms with E-state index in [0.717, 1.165) is 12.8 Å². The van der Waals surface area contributed by atoms with Gasteiger partial charge in [-0.2, -0.15) is 0 Å². The number of esters is 1. The van der Waals surface area contributed by atoms with Gasteiger partial charge in [0.05, 0.1) is 7.11 Å². The Morgan fingerprint density at radius 2 is 1.50 bits per heavy atom. The molecule has 2 nitrogen and oxygen atoms in total. The van der Waals surface area contributed by atoms with Gasteiger partial charge in [-0.3, -0.25) is 4.79 Å². The average Bonchev–Trinajstić information content (AvgIpc) is 3.22. The van der Waals surface area contributed by atoms with E-state index in [2.05, 4.69) is 42.5 Å². The molecule has 4 rings (SSSR count). The molecule has 0 spiro atoms. The first-order valence-electron chi connectivity index (χ1n) is 10.7. The maximum absolute atomic E-state index is 11.3. The molecule has 28 heavy (non-hydrogen) atoms. The molecule has 2 heteroatoms. The molecular weight excluding hydrogens is 344 g/mol. The first kappa shape index (κ1) is 19.0. The van der Waals surface area contributed by atoms with E-state index >= 15 is 0 Å². The number of methoxy groups -OCH3 is 1. The van der Waals surface area contributed by atoms with Crippen LogP contribution < -0.4 is 0 Å². The van der Waals surface area contributed by atoms with Gasteiger partial charge in [-0.25, -0.2) is 0 Å². The molecule has 0 heterocycles. The van der Waals surface area contributed by atoms with Gasteiger partial charge in [-0.05, 0) is 96.8 Å². The van der Waals surface area contributed by atoms with E-state index in [1.54, 1.807) is 16.7 Å². The number of allylic oxidation sites excluding steroid dienone is 2. The number of fused-ring (bicyclic) bond motifs is 1. The van der Waals surface area contributed by atoms with Crippen molar-refractivity contribution in [1.29, 1.82) is 0 Å². The number of carbonyl (C=O) groups excluding carboxylic acids is 1. The average molecular weight is 375 g/mol. The van der Waals surface area contributed by atoms with E-state index in [-0.39, 0.29) is 5.97 Å². The summed E-state index contributed by atoms with van der Waals surface area (Å²) >= 11 is 0. The van der Waals surface area contributed by atoms with Gasteiger partial charge >= 0.3 is 5.97 Å². The van der Waals surface area contributed by atoms with Crippen LogP contribution in [0.1, 0.15) is 72.8 Å². The van der Waals surface area contributed by atoms with Crippen molar-refractivity contribution in [2.24, 2.45) is 0 Å². The minimum Gasteiger partial charge on any atom is -0.469 e. The summed E-state index contributed by atoms with van der Waals surface area (Å²) in [4.78, 5) is 11.3. The minimum atomic E-state index is -0.122. The third kappa shape index (κ3) is 4.22. The van der Waals surface area contributed by atoms with Crippen LogP contribution in [-0.2, 0) is 28.8 Å². The fourth-order valence-electron chi connectivity index (χ4n) is 4.71. The second-order valence-corrected chi connectivity index (χ2v) is 8.13. The molecule has 2 aromatic rings. The zero-order valence-corrected chi connectivity index (χ0v) is 16.9. The lowest BCUT2D eigenvalue weighted by molar-refractivity contribution is -0.140. The lowest BCUT2D eigenvalue weighted by atomic mass is 9.83. The van der Waals surface area contributed by atoms with Gasteiger partial charge in [-0.1, -0.05) is 42.5 Å². The molecule has 0 aliphatic heterocycles. The maximum Gasteiger partial charge on any atom is 0.305 e. The molecule has 146 valence electrons. The highest BCUT2D eigenvalue weighted by atomic mass is 16.5. The van der Waals surface area contributed by atoms with Gasteiger partial charge in [-0.15, -0.1) is 0 Å². The number of aryl methyl sites for hydroxylation is 3. The fourth-order valence-corrected chi connectivity index (χ4v) is 4.71. The van der Waals surface area contributed by atoms with Gasteiger partial charge in [0.15, 0.2) is 0 Å². The van der Waals surface area contributed by atoms with E-state index in [4.69, 9.17) is 4.74 Å². The van der Waals surface area contributed by atoms with E-state index in [9.17, 15) is 4.79 Å². The van der Waals surface area contributed by atoms with Crippen LogP contribution in [0.3, 0.4) is 0 Å². The number of hydrogen-bond acceptors (Lipinski definition) is 2. The number of ether oxygens (including phenoxy) is 1. The number of hydrogen-bond donors (Lipinski definition) is 0. The van der Waals surface area contributed by atoms with Crippen LogP contribution in [0.15, 0.2) is 42.5 Å². The molecule has 0 saturated carbocycles. The van der Waals surface area contributed by atoms with Crippen molar-refractivity contribution < 1.29 is 9.53 Å². The van der Waals surface area contributed by atoms with Crippen LogP contribution in [0.4, 0.5) is 0 Å². The molecule has 0 bridgehead atoms. The Hall–Kier alpha value is -2.35. The summed E-state index contributed by atoms with van der Waals surface area (Å²) < 4.78 is 4.72. The lowest BCUT2D eigenvalue weighted by Gasteiger charge is -2.22. The van der Waals surface area contributed by atoms with Crippen molar-refractivity contribution in [2.45, 2.75) is 64.2 Å². The summed E-state index contributed by atoms with van der Waals surface area (Å²) in [6, 6.07) is 16.2. The largest absolute Gasteiger partial charge is 0.469 e. The van der Waals surface area contributed by atoms with Crippen molar-refractivity contribution >= 4 is 17.1 Å². The molecule has 2 aliphatic rings. The highest BCUT2D eigenvalue weighted by Crippen LogP contribution is 2.39. The zero-order valence-electron chi connectivity index (χ0n) is 16.9. The predicted molar refractivity (Wildman–Crippen MR) is 115 cm³/mol. The number of rotatable bonds is 6. The molecule has 2 aliphatic carbocycles. The summed E-state index contributed by atoms with van der Waals surface area (Å²) in [7, 11) is 1.45. The molecule has 0 aromatic heterocycles. The van der Waals surface area contributed by atoms with Crippen LogP contribution in [0.5, 0.6) is 0 Å². The third-order valence-electron chi connectivity index (χ3n) is 6.29. The van der Waals surface area contributed by atoms with Gasteiger partial charge in [0.2, 0.25) is 0 Å². The third-order valence-corrected chi connectivity index (χ3v) is 6.29. The van der Waals surface area contributed by atoms with E-state index in [0.29, 0.717) is 6.42 Å². The molecule has 0 amide bonds. The summed E-state index contributed by atoms with van der Waals surface area (Å²) in [6.07, 6.45) is 11.0. The summed E-state index contributed by atoms with van der Waals surface area (Å²) in [5, 5.41) is 0. The SMILES string of the molecule is COC(=O)CCCc1ccc(C2=C(c3ccc4c(c3)CCC4)CCCC2)cc1. The molecule has 0 atom stereocenters. The van der Waals surface area contributed by atoms with E-state index < -0.39 is 0 Å². The Kier molecular flexibility index (Phi) is 5.95. The highest BCUT2D eigenvalue weighted by Gasteiger charge is 2.18. The summed E-state index contributed by atoms with van der Waals surface area (Å²) in [5.41, 5.74) is 10.3. The van der Waals surface area contributed by atoms with Crippen LogP contribution >= 0.6 is 0 Å². The van der Waals surface area contributed by atoms with Gasteiger partial charge < -0.3 is 4.74 Å². The molecule has 0 radical (unpaired) electrons. The topological polar surface area (TPSA) is 26.3 Å². The molecule has 0 unspecified atom stereocenters. The van der Waals surface area contributed by atoms with Gasteiger partial charge in [0.1, 0.15) is 0 Å². The Morgan fingerprint density at radius 1 is 0.821 bits per heavy atom. The molecular formula is C26H30O2. The lowest BCUT2D eigenvalue weighted by Crippen LogP contribution is -2.01. The maximum atomic E-state index is 11.3. The van der Waals surface area contributed by atoms with Crippen molar-refractivity contribution in [1.82, 2.24) is 0 Å². The predicted octanol–water partition coefficient (Wildman–Crippen LogP) is 6.16. The highest BCUT2D eigenvalue weighted by molar-refractivity contribution is 5.91.